The second kappa shape index (κ2) is 9.11. The van der Waals surface area contributed by atoms with Crippen molar-refractivity contribution < 1.29 is 9.90 Å². The van der Waals surface area contributed by atoms with Gasteiger partial charge in [-0.3, -0.25) is 4.79 Å². The van der Waals surface area contributed by atoms with E-state index in [0.717, 1.165) is 11.3 Å². The molecule has 4 rings (SSSR count). The number of aromatic nitrogens is 3. The molecule has 0 aliphatic rings. The molecule has 0 aliphatic heterocycles. The van der Waals surface area contributed by atoms with Gasteiger partial charge < -0.3 is 5.11 Å². The predicted molar refractivity (Wildman–Crippen MR) is 123 cm³/mol. The van der Waals surface area contributed by atoms with Crippen molar-refractivity contribution in [3.05, 3.63) is 93.7 Å². The maximum absolute atomic E-state index is 12.6. The topological polar surface area (TPSA) is 92.4 Å². The maximum atomic E-state index is 12.6. The molecule has 4 aromatic rings. The third kappa shape index (κ3) is 4.65. The van der Waals surface area contributed by atoms with Crippen LogP contribution >= 0.6 is 27.5 Å². The highest BCUT2D eigenvalue weighted by Crippen LogP contribution is 2.30. The van der Waals surface area contributed by atoms with Gasteiger partial charge in [-0.05, 0) is 40.2 Å². The van der Waals surface area contributed by atoms with E-state index >= 15 is 0 Å². The van der Waals surface area contributed by atoms with Gasteiger partial charge in [0, 0.05) is 16.1 Å². The van der Waals surface area contributed by atoms with Crippen molar-refractivity contribution in [1.29, 1.82) is 0 Å². The van der Waals surface area contributed by atoms with Crippen LogP contribution in [0.3, 0.4) is 0 Å². The van der Waals surface area contributed by atoms with E-state index in [4.69, 9.17) is 11.6 Å². The maximum Gasteiger partial charge on any atom is 0.311 e. The summed E-state index contributed by atoms with van der Waals surface area (Å²) < 4.78 is 2.02. The fourth-order valence-corrected chi connectivity index (χ4v) is 3.66. The average molecular weight is 497 g/mol. The molecular formula is C22H15BrClN5O2. The van der Waals surface area contributed by atoms with E-state index < -0.39 is 5.91 Å². The van der Waals surface area contributed by atoms with Crippen molar-refractivity contribution in [2.24, 2.45) is 5.10 Å². The number of phenolic OH excluding ortho intramolecular Hbond substituents is 1. The third-order valence-corrected chi connectivity index (χ3v) is 5.09. The number of amides is 1. The zero-order valence-corrected chi connectivity index (χ0v) is 18.2. The van der Waals surface area contributed by atoms with Gasteiger partial charge in [0.05, 0.1) is 16.4 Å². The molecule has 0 unspecified atom stereocenters. The van der Waals surface area contributed by atoms with Crippen LogP contribution in [-0.4, -0.2) is 32.0 Å². The molecule has 1 heterocycles. The van der Waals surface area contributed by atoms with Crippen LogP contribution in [-0.2, 0) is 0 Å². The third-order valence-electron chi connectivity index (χ3n) is 4.27. The number of aromatic hydroxyl groups is 1. The minimum atomic E-state index is -0.594. The van der Waals surface area contributed by atoms with Crippen molar-refractivity contribution >= 4 is 39.7 Å². The van der Waals surface area contributed by atoms with Gasteiger partial charge in [-0.15, -0.1) is 5.10 Å². The van der Waals surface area contributed by atoms with Crippen LogP contribution in [0.4, 0.5) is 0 Å². The Balaban J connectivity index is 1.63. The van der Waals surface area contributed by atoms with Gasteiger partial charge in [0.2, 0.25) is 5.82 Å². The Morgan fingerprint density at radius 3 is 2.48 bits per heavy atom. The number of para-hydroxylation sites is 1. The number of phenols is 1. The molecule has 0 radical (unpaired) electrons. The molecule has 1 amide bonds. The number of nitrogens with one attached hydrogen (secondary N) is 1. The molecule has 1 aromatic heterocycles. The Morgan fingerprint density at radius 1 is 1.10 bits per heavy atom. The summed E-state index contributed by atoms with van der Waals surface area (Å²) in [5.41, 5.74) is 4.30. The number of hydrogen-bond donors (Lipinski definition) is 2. The number of rotatable bonds is 5. The average Bonchev–Trinajstić information content (AvgIpc) is 3.24. The number of carbonyl (C=O) groups excluding carboxylic acids is 1. The van der Waals surface area contributed by atoms with Gasteiger partial charge in [-0.25, -0.2) is 15.1 Å². The first-order valence-electron chi connectivity index (χ1n) is 9.12. The summed E-state index contributed by atoms with van der Waals surface area (Å²) in [6, 6.07) is 21.9. The van der Waals surface area contributed by atoms with Gasteiger partial charge in [0.1, 0.15) is 5.75 Å². The van der Waals surface area contributed by atoms with Gasteiger partial charge >= 0.3 is 5.91 Å². The molecule has 0 saturated carbocycles. The van der Waals surface area contributed by atoms with Crippen LogP contribution in [0.2, 0.25) is 5.02 Å². The summed E-state index contributed by atoms with van der Waals surface area (Å²) in [5, 5.41) is 18.7. The number of nitrogens with zero attached hydrogens (tertiary/aromatic N) is 4. The number of carbonyl (C=O) groups is 1. The lowest BCUT2D eigenvalue weighted by atomic mass is 10.2. The number of benzene rings is 3. The highest BCUT2D eigenvalue weighted by molar-refractivity contribution is 9.10. The summed E-state index contributed by atoms with van der Waals surface area (Å²) in [5.74, 6) is -0.155. The predicted octanol–water partition coefficient (Wildman–Crippen LogP) is 4.82. The SMILES string of the molecule is O=C(NN=Cc1cc(Cl)cc(Br)c1O)c1nc(-c2ccccc2)n(-c2ccccc2)n1. The lowest BCUT2D eigenvalue weighted by Crippen LogP contribution is -2.19. The molecule has 7 nitrogen and oxygen atoms in total. The van der Waals surface area contributed by atoms with Crippen LogP contribution in [0.15, 0.2) is 82.4 Å². The second-order valence-electron chi connectivity index (χ2n) is 6.40. The number of hydrogen-bond acceptors (Lipinski definition) is 5. The molecule has 0 atom stereocenters. The smallest absolute Gasteiger partial charge is 0.311 e. The van der Waals surface area contributed by atoms with E-state index in [2.05, 4.69) is 36.5 Å². The fraction of sp³-hybridized carbons (Fsp3) is 0. The van der Waals surface area contributed by atoms with Gasteiger partial charge in [-0.2, -0.15) is 5.10 Å². The van der Waals surface area contributed by atoms with E-state index in [1.54, 1.807) is 10.7 Å². The minimum Gasteiger partial charge on any atom is -0.506 e. The van der Waals surface area contributed by atoms with E-state index in [0.29, 0.717) is 20.9 Å². The Labute approximate surface area is 191 Å². The van der Waals surface area contributed by atoms with Crippen molar-refractivity contribution in [2.75, 3.05) is 0 Å². The molecule has 3 aromatic carbocycles. The lowest BCUT2D eigenvalue weighted by Gasteiger charge is -2.05. The summed E-state index contributed by atoms with van der Waals surface area (Å²) >= 11 is 9.19. The van der Waals surface area contributed by atoms with Gasteiger partial charge in [-0.1, -0.05) is 60.1 Å². The summed E-state index contributed by atoms with van der Waals surface area (Å²) in [6.45, 7) is 0. The molecule has 2 N–H and O–H groups in total. The van der Waals surface area contributed by atoms with Gasteiger partial charge in [0.15, 0.2) is 5.82 Å². The first-order chi connectivity index (χ1) is 15.0. The summed E-state index contributed by atoms with van der Waals surface area (Å²) in [7, 11) is 0. The molecule has 0 spiro atoms. The molecular weight excluding hydrogens is 482 g/mol. The first kappa shape index (κ1) is 20.8. The zero-order valence-electron chi connectivity index (χ0n) is 15.9. The largest absolute Gasteiger partial charge is 0.506 e. The monoisotopic (exact) mass is 495 g/mol. The van der Waals surface area contributed by atoms with E-state index in [1.165, 1.54) is 12.3 Å². The standard InChI is InChI=1S/C22H15BrClN5O2/c23-18-12-16(24)11-15(19(18)30)13-25-27-22(31)20-26-21(14-7-3-1-4-8-14)29(28-20)17-9-5-2-6-10-17/h1-13,30H,(H,27,31). The fourth-order valence-electron chi connectivity index (χ4n) is 2.83. The van der Waals surface area contributed by atoms with Crippen LogP contribution in [0.5, 0.6) is 5.75 Å². The molecule has 0 bridgehead atoms. The van der Waals surface area contributed by atoms with Crippen molar-refractivity contribution in [3.63, 3.8) is 0 Å². The normalized spacial score (nSPS) is 11.0. The minimum absolute atomic E-state index is 0.0414. The van der Waals surface area contributed by atoms with Crippen LogP contribution in [0.25, 0.3) is 17.1 Å². The van der Waals surface area contributed by atoms with Crippen LogP contribution in [0.1, 0.15) is 16.2 Å². The molecule has 9 heteroatoms. The van der Waals surface area contributed by atoms with E-state index in [-0.39, 0.29) is 11.6 Å². The zero-order chi connectivity index (χ0) is 21.8. The summed E-state index contributed by atoms with van der Waals surface area (Å²) in [6.07, 6.45) is 1.29. The van der Waals surface area contributed by atoms with Crippen molar-refractivity contribution in [3.8, 4) is 22.8 Å². The Bertz CT molecular complexity index is 1200. The van der Waals surface area contributed by atoms with Crippen LogP contribution < -0.4 is 5.43 Å². The van der Waals surface area contributed by atoms with Gasteiger partial charge in [0.25, 0.3) is 0 Å². The van der Waals surface area contributed by atoms with Crippen molar-refractivity contribution in [1.82, 2.24) is 20.2 Å². The Hall–Kier alpha value is -3.49. The number of hydrazone groups is 1. The number of halogens is 2. The molecule has 0 saturated heterocycles. The molecule has 31 heavy (non-hydrogen) atoms. The van der Waals surface area contributed by atoms with Crippen LogP contribution in [0, 0.1) is 0 Å². The second-order valence-corrected chi connectivity index (χ2v) is 7.69. The highest BCUT2D eigenvalue weighted by Gasteiger charge is 2.18. The first-order valence-corrected chi connectivity index (χ1v) is 10.3. The van der Waals surface area contributed by atoms with Crippen molar-refractivity contribution in [2.45, 2.75) is 0 Å². The van der Waals surface area contributed by atoms with E-state index in [1.807, 2.05) is 60.7 Å². The molecule has 0 aliphatic carbocycles. The quantitative estimate of drug-likeness (QED) is 0.306. The lowest BCUT2D eigenvalue weighted by molar-refractivity contribution is 0.0945. The Morgan fingerprint density at radius 2 is 1.77 bits per heavy atom. The molecule has 154 valence electrons. The van der Waals surface area contributed by atoms with E-state index in [9.17, 15) is 9.90 Å². The highest BCUT2D eigenvalue weighted by atomic mass is 79.9. The molecule has 0 fully saturated rings. The summed E-state index contributed by atoms with van der Waals surface area (Å²) in [4.78, 5) is 17.0. The Kier molecular flexibility index (Phi) is 6.11.